The minimum absolute atomic E-state index is 0.175. The van der Waals surface area contributed by atoms with Crippen LogP contribution in [-0.4, -0.2) is 29.5 Å². The molecule has 4 aromatic rings. The highest BCUT2D eigenvalue weighted by molar-refractivity contribution is 8.13. The number of hydrogen-bond acceptors (Lipinski definition) is 4. The highest BCUT2D eigenvalue weighted by Crippen LogP contribution is 2.43. The summed E-state index contributed by atoms with van der Waals surface area (Å²) in [4.78, 5) is 15.1. The van der Waals surface area contributed by atoms with Gasteiger partial charge in [0.15, 0.2) is 5.75 Å². The Balaban J connectivity index is 1.81. The molecule has 1 atom stereocenters. The molecule has 0 aliphatic carbocycles. The molecule has 208 valence electrons. The van der Waals surface area contributed by atoms with E-state index in [-0.39, 0.29) is 5.56 Å². The summed E-state index contributed by atoms with van der Waals surface area (Å²) in [5, 5.41) is 19.0. The maximum absolute atomic E-state index is 12.2. The molecule has 0 amide bonds. The molecular weight excluding hydrogens is 540 g/mol. The SMILES string of the molecule is C/C=S(\N)c1cc(C(=O)O)cc(N(CCc2ccc(C)cc2)CCc2ccc(C)cc2)c1Oc1ccc(Cl)cc1. The second kappa shape index (κ2) is 13.7. The number of aryl methyl sites for hydroxylation is 2. The van der Waals surface area contributed by atoms with Crippen molar-refractivity contribution in [3.05, 3.63) is 118 Å². The van der Waals surface area contributed by atoms with E-state index in [9.17, 15) is 9.90 Å². The molecule has 0 radical (unpaired) electrons. The number of carbonyl (C=O) groups is 1. The fourth-order valence-corrected chi connectivity index (χ4v) is 5.36. The zero-order valence-corrected chi connectivity index (χ0v) is 24.6. The number of carboxylic acid groups (broad SMARTS) is 1. The number of anilines is 1. The van der Waals surface area contributed by atoms with Gasteiger partial charge in [-0.2, -0.15) is 0 Å². The molecule has 4 rings (SSSR count). The lowest BCUT2D eigenvalue weighted by atomic mass is 10.1. The van der Waals surface area contributed by atoms with Crippen LogP contribution >= 0.6 is 22.3 Å². The Bertz CT molecular complexity index is 1430. The summed E-state index contributed by atoms with van der Waals surface area (Å²) >= 11 is 6.12. The van der Waals surface area contributed by atoms with Gasteiger partial charge in [0.25, 0.3) is 0 Å². The lowest BCUT2D eigenvalue weighted by Crippen LogP contribution is -2.29. The molecule has 0 aliphatic rings. The summed E-state index contributed by atoms with van der Waals surface area (Å²) in [6.45, 7) is 7.36. The maximum Gasteiger partial charge on any atom is 0.335 e. The first-order valence-corrected chi connectivity index (χ1v) is 14.9. The predicted octanol–water partition coefficient (Wildman–Crippen LogP) is 8.06. The first-order chi connectivity index (χ1) is 19.2. The number of ether oxygens (including phenoxy) is 1. The van der Waals surface area contributed by atoms with Crippen molar-refractivity contribution in [3.63, 3.8) is 0 Å². The summed E-state index contributed by atoms with van der Waals surface area (Å²) in [5.41, 5.74) is 5.72. The lowest BCUT2D eigenvalue weighted by molar-refractivity contribution is 0.0696. The maximum atomic E-state index is 12.2. The van der Waals surface area contributed by atoms with Crippen molar-refractivity contribution < 1.29 is 14.6 Å². The normalized spacial score (nSPS) is 11.8. The Labute approximate surface area is 244 Å². The third kappa shape index (κ3) is 7.75. The monoisotopic (exact) mass is 574 g/mol. The van der Waals surface area contributed by atoms with Gasteiger partial charge in [0.2, 0.25) is 0 Å². The van der Waals surface area contributed by atoms with E-state index in [4.69, 9.17) is 21.5 Å². The molecule has 40 heavy (non-hydrogen) atoms. The second-order valence-corrected chi connectivity index (χ2v) is 11.8. The van der Waals surface area contributed by atoms with Crippen LogP contribution in [-0.2, 0) is 12.8 Å². The van der Waals surface area contributed by atoms with E-state index < -0.39 is 16.6 Å². The summed E-state index contributed by atoms with van der Waals surface area (Å²) in [5.74, 6) is 0.148. The smallest absolute Gasteiger partial charge is 0.335 e. The molecule has 0 spiro atoms. The summed E-state index contributed by atoms with van der Waals surface area (Å²) < 4.78 is 6.48. The van der Waals surface area contributed by atoms with Crippen LogP contribution in [0.15, 0.2) is 89.8 Å². The van der Waals surface area contributed by atoms with Crippen molar-refractivity contribution in [2.24, 2.45) is 5.14 Å². The van der Waals surface area contributed by atoms with Crippen molar-refractivity contribution in [1.82, 2.24) is 0 Å². The van der Waals surface area contributed by atoms with Crippen molar-refractivity contribution >= 4 is 39.3 Å². The molecule has 3 N–H and O–H groups in total. The van der Waals surface area contributed by atoms with Gasteiger partial charge in [-0.3, -0.25) is 5.14 Å². The molecule has 7 heteroatoms. The fraction of sp³-hybridized carbons (Fsp3) is 0.212. The van der Waals surface area contributed by atoms with Gasteiger partial charge in [-0.1, -0.05) is 81.9 Å². The molecule has 0 heterocycles. The Morgan fingerprint density at radius 2 is 1.43 bits per heavy atom. The van der Waals surface area contributed by atoms with Gasteiger partial charge in [0.05, 0.1) is 16.1 Å². The minimum atomic E-state index is -1.01. The average Bonchev–Trinajstić information content (AvgIpc) is 2.95. The van der Waals surface area contributed by atoms with Gasteiger partial charge < -0.3 is 14.7 Å². The predicted molar refractivity (Wildman–Crippen MR) is 169 cm³/mol. The molecule has 1 unspecified atom stereocenters. The molecule has 5 nitrogen and oxygen atoms in total. The van der Waals surface area contributed by atoms with Crippen LogP contribution in [0, 0.1) is 13.8 Å². The Hall–Kier alpha value is -3.58. The first-order valence-electron chi connectivity index (χ1n) is 13.2. The second-order valence-electron chi connectivity index (χ2n) is 9.75. The number of carboxylic acids is 1. The quantitative estimate of drug-likeness (QED) is 0.177. The first kappa shape index (κ1) is 29.4. The number of aromatic carboxylic acids is 1. The van der Waals surface area contributed by atoms with Crippen LogP contribution in [0.4, 0.5) is 5.69 Å². The fourth-order valence-electron chi connectivity index (χ4n) is 4.36. The van der Waals surface area contributed by atoms with Crippen molar-refractivity contribution in [3.8, 4) is 11.5 Å². The highest BCUT2D eigenvalue weighted by atomic mass is 35.5. The lowest BCUT2D eigenvalue weighted by Gasteiger charge is -2.29. The van der Waals surface area contributed by atoms with Gasteiger partial charge in [-0.25, -0.2) is 4.79 Å². The topological polar surface area (TPSA) is 75.8 Å². The van der Waals surface area contributed by atoms with Crippen molar-refractivity contribution in [1.29, 1.82) is 0 Å². The summed E-state index contributed by atoms with van der Waals surface area (Å²) in [6, 6.07) is 27.5. The highest BCUT2D eigenvalue weighted by Gasteiger charge is 2.22. The van der Waals surface area contributed by atoms with E-state index in [2.05, 4.69) is 67.3 Å². The third-order valence-corrected chi connectivity index (χ3v) is 8.32. The zero-order valence-electron chi connectivity index (χ0n) is 23.1. The van der Waals surface area contributed by atoms with Gasteiger partial charge in [-0.15, -0.1) is 0 Å². The van der Waals surface area contributed by atoms with Crippen molar-refractivity contribution in [2.75, 3.05) is 18.0 Å². The molecule has 0 bridgehead atoms. The number of hydrogen-bond donors (Lipinski definition) is 2. The standard InChI is InChI=1S/C33H35ClN2O3S/c1-4-40(35)31-22-27(33(37)38)21-30(32(31)39-29-15-13-28(34)14-16-29)36(19-17-25-9-5-23(2)6-10-25)20-18-26-11-7-24(3)8-12-26/h4-16,21-22H,17-20,35H2,1-3H3,(H,37,38). The minimum Gasteiger partial charge on any atom is -0.478 e. The molecule has 0 saturated heterocycles. The Morgan fingerprint density at radius 1 is 0.900 bits per heavy atom. The molecule has 0 aromatic heterocycles. The van der Waals surface area contributed by atoms with E-state index in [1.54, 1.807) is 36.4 Å². The number of benzene rings is 4. The van der Waals surface area contributed by atoms with Gasteiger partial charge >= 0.3 is 5.97 Å². The Morgan fingerprint density at radius 3 is 1.90 bits per heavy atom. The molecule has 0 saturated carbocycles. The molecule has 0 fully saturated rings. The van der Waals surface area contributed by atoms with Gasteiger partial charge in [0, 0.05) is 18.1 Å². The Kier molecular flexibility index (Phi) is 10.0. The molecule has 0 aliphatic heterocycles. The van der Waals surface area contributed by atoms with Crippen LogP contribution in [0.25, 0.3) is 0 Å². The van der Waals surface area contributed by atoms with E-state index >= 15 is 0 Å². The zero-order chi connectivity index (χ0) is 28.6. The van der Waals surface area contributed by atoms with E-state index in [0.717, 1.165) is 12.8 Å². The van der Waals surface area contributed by atoms with Crippen LogP contribution in [0.2, 0.25) is 5.02 Å². The van der Waals surface area contributed by atoms with E-state index in [1.165, 1.54) is 22.3 Å². The van der Waals surface area contributed by atoms with Gasteiger partial charge in [-0.05, 0) is 86.5 Å². The van der Waals surface area contributed by atoms with E-state index in [1.807, 2.05) is 12.3 Å². The third-order valence-electron chi connectivity index (χ3n) is 6.75. The average molecular weight is 575 g/mol. The van der Waals surface area contributed by atoms with Crippen LogP contribution in [0.1, 0.15) is 39.5 Å². The number of rotatable bonds is 11. The molecular formula is C33H35ClN2O3S. The van der Waals surface area contributed by atoms with Gasteiger partial charge in [0.1, 0.15) is 5.75 Å². The van der Waals surface area contributed by atoms with Crippen LogP contribution < -0.4 is 14.8 Å². The number of halogens is 1. The van der Waals surface area contributed by atoms with E-state index in [0.29, 0.717) is 40.2 Å². The van der Waals surface area contributed by atoms with Crippen LogP contribution in [0.3, 0.4) is 0 Å². The number of nitrogens with zero attached hydrogens (tertiary/aromatic N) is 1. The molecule has 4 aromatic carbocycles. The largest absolute Gasteiger partial charge is 0.478 e. The number of nitrogens with two attached hydrogens (primary N) is 1. The van der Waals surface area contributed by atoms with Crippen molar-refractivity contribution in [2.45, 2.75) is 38.5 Å². The van der Waals surface area contributed by atoms with Crippen LogP contribution in [0.5, 0.6) is 11.5 Å². The summed E-state index contributed by atoms with van der Waals surface area (Å²) in [7, 11) is -0.835. The summed E-state index contributed by atoms with van der Waals surface area (Å²) in [6.07, 6.45) is 1.57.